The van der Waals surface area contributed by atoms with Crippen molar-refractivity contribution < 1.29 is 23.8 Å². The Balaban J connectivity index is 1.83. The fourth-order valence-corrected chi connectivity index (χ4v) is 6.44. The summed E-state index contributed by atoms with van der Waals surface area (Å²) in [5, 5.41) is 18.6. The summed E-state index contributed by atoms with van der Waals surface area (Å²) < 4.78 is 21.5. The van der Waals surface area contributed by atoms with E-state index in [4.69, 9.17) is 18.9 Å². The molecule has 1 amide bonds. The molecule has 3 aromatic heterocycles. The predicted molar refractivity (Wildman–Crippen MR) is 192 cm³/mol. The van der Waals surface area contributed by atoms with Gasteiger partial charge in [-0.2, -0.15) is 5.10 Å². The monoisotopic (exact) mass is 677 g/mol. The van der Waals surface area contributed by atoms with E-state index in [9.17, 15) is 9.90 Å². The van der Waals surface area contributed by atoms with Gasteiger partial charge in [0.05, 0.1) is 54.7 Å². The third-order valence-electron chi connectivity index (χ3n) is 8.79. The Morgan fingerprint density at radius 2 is 1.67 bits per heavy atom. The van der Waals surface area contributed by atoms with Gasteiger partial charge in [-0.3, -0.25) is 0 Å². The number of carbonyl (C=O) groups is 1. The molecule has 0 aliphatic carbocycles. The normalized spacial score (nSPS) is 13.8. The van der Waals surface area contributed by atoms with Crippen molar-refractivity contribution in [3.05, 3.63) is 49.2 Å². The smallest absolute Gasteiger partial charge is 0.407 e. The second-order valence-electron chi connectivity index (χ2n) is 15.1. The van der Waals surface area contributed by atoms with Crippen molar-refractivity contribution in [1.29, 1.82) is 0 Å². The predicted octanol–water partition coefficient (Wildman–Crippen LogP) is 8.02. The first-order chi connectivity index (χ1) is 22.3. The van der Waals surface area contributed by atoms with Gasteiger partial charge in [0.15, 0.2) is 14.0 Å². The largest absolute Gasteiger partial charge is 0.497 e. The van der Waals surface area contributed by atoms with Crippen molar-refractivity contribution >= 4 is 36.8 Å². The molecular weight excluding hydrogens is 627 g/mol. The maximum atomic E-state index is 12.0. The van der Waals surface area contributed by atoms with Crippen molar-refractivity contribution in [3.8, 4) is 22.8 Å². The number of hydrogen-bond donors (Lipinski definition) is 2. The molecule has 0 bridgehead atoms. The fraction of sp³-hybridized carbons (Fsp3) is 0.514. The maximum absolute atomic E-state index is 12.0. The lowest BCUT2D eigenvalue weighted by Gasteiger charge is -2.45. The van der Waals surface area contributed by atoms with Gasteiger partial charge in [-0.1, -0.05) is 41.5 Å². The first-order valence-corrected chi connectivity index (χ1v) is 19.1. The Kier molecular flexibility index (Phi) is 10.7. The van der Waals surface area contributed by atoms with Crippen LogP contribution in [0.25, 0.3) is 22.3 Å². The molecule has 0 spiro atoms. The van der Waals surface area contributed by atoms with Crippen LogP contribution in [0.2, 0.25) is 18.1 Å². The van der Waals surface area contributed by atoms with E-state index in [0.717, 1.165) is 28.0 Å². The van der Waals surface area contributed by atoms with Gasteiger partial charge in [0.1, 0.15) is 30.0 Å². The minimum atomic E-state index is -2.34. The fourth-order valence-electron chi connectivity index (χ4n) is 5.13. The summed E-state index contributed by atoms with van der Waals surface area (Å²) in [5.74, 6) is 1.14. The number of hydrogen-bond acceptors (Lipinski definition) is 9. The van der Waals surface area contributed by atoms with Crippen molar-refractivity contribution in [3.63, 3.8) is 0 Å². The second kappa shape index (κ2) is 14.1. The molecule has 13 heteroatoms. The van der Waals surface area contributed by atoms with Gasteiger partial charge in [0.2, 0.25) is 0 Å². The first kappa shape index (κ1) is 36.6. The van der Waals surface area contributed by atoms with Crippen molar-refractivity contribution in [1.82, 2.24) is 29.6 Å². The first-order valence-electron chi connectivity index (χ1n) is 16.2. The molecule has 2 atom stereocenters. The van der Waals surface area contributed by atoms with E-state index in [2.05, 4.69) is 88.9 Å². The molecule has 3 heterocycles. The molecule has 0 aliphatic rings. The average molecular weight is 678 g/mol. The number of aromatic nitrogens is 5. The van der Waals surface area contributed by atoms with E-state index in [0.29, 0.717) is 17.2 Å². The highest BCUT2D eigenvalue weighted by Gasteiger charge is 2.44. The minimum Gasteiger partial charge on any atom is -0.497 e. The number of anilines is 2. The average Bonchev–Trinajstić information content (AvgIpc) is 3.43. The Labute approximate surface area is 285 Å². The van der Waals surface area contributed by atoms with Crippen molar-refractivity contribution in [2.45, 2.75) is 91.8 Å². The summed E-state index contributed by atoms with van der Waals surface area (Å²) in [6.07, 6.45) is 4.63. The summed E-state index contributed by atoms with van der Waals surface area (Å²) in [4.78, 5) is 26.6. The number of likely N-dealkylation sites (N-methyl/N-ethyl adjacent to an activating group) is 1. The zero-order chi connectivity index (χ0) is 35.6. The van der Waals surface area contributed by atoms with Gasteiger partial charge >= 0.3 is 6.09 Å². The van der Waals surface area contributed by atoms with Gasteiger partial charge in [0, 0.05) is 30.1 Å². The third kappa shape index (κ3) is 8.43. The van der Waals surface area contributed by atoms with Gasteiger partial charge in [0.25, 0.3) is 0 Å². The Morgan fingerprint density at radius 1 is 1.02 bits per heavy atom. The standard InChI is InChI=1S/C35H51N7O5Si/c1-22(2)42-32-27(19-38-42)29(39-24-17-36-21-37-18-24)16-28(40-32)23-13-25(45-10)15-26(14-23)46-31(34(3,4)5)30(20-41(9)33(43)44)47-48(11,12)35(6,7)8/h13-19,21-22,30-31H,20H2,1-12H3,(H,39,40)(H,43,44). The summed E-state index contributed by atoms with van der Waals surface area (Å²) in [5.41, 5.74) is 3.28. The van der Waals surface area contributed by atoms with E-state index in [-0.39, 0.29) is 17.6 Å². The maximum Gasteiger partial charge on any atom is 0.407 e. The number of fused-ring (bicyclic) bond motifs is 1. The van der Waals surface area contributed by atoms with Gasteiger partial charge in [-0.25, -0.2) is 24.4 Å². The SMILES string of the molecule is COc1cc(OC(C(CN(C)C(=O)O)O[Si](C)(C)C(C)(C)C)C(C)(C)C)cc(-c2cc(Nc3cncnc3)c3cnn(C(C)C)c3n2)c1. The molecule has 2 N–H and O–H groups in total. The van der Waals surface area contributed by atoms with Crippen LogP contribution in [0, 0.1) is 5.41 Å². The summed E-state index contributed by atoms with van der Waals surface area (Å²) >= 11 is 0. The number of carboxylic acid groups (broad SMARTS) is 1. The molecule has 4 aromatic rings. The second-order valence-corrected chi connectivity index (χ2v) is 19.9. The quantitative estimate of drug-likeness (QED) is 0.142. The highest BCUT2D eigenvalue weighted by atomic mass is 28.4. The van der Waals surface area contributed by atoms with Gasteiger partial charge in [-0.15, -0.1) is 0 Å². The number of nitrogens with zero attached hydrogens (tertiary/aromatic N) is 6. The molecule has 0 radical (unpaired) electrons. The van der Waals surface area contributed by atoms with E-state index in [1.807, 2.05) is 35.1 Å². The van der Waals surface area contributed by atoms with Crippen LogP contribution >= 0.6 is 0 Å². The molecule has 0 saturated heterocycles. The highest BCUT2D eigenvalue weighted by molar-refractivity contribution is 6.74. The number of methoxy groups -OCH3 is 1. The molecule has 48 heavy (non-hydrogen) atoms. The van der Waals surface area contributed by atoms with E-state index in [1.165, 1.54) is 11.2 Å². The van der Waals surface area contributed by atoms with Crippen LogP contribution in [0.1, 0.15) is 61.4 Å². The number of nitrogens with one attached hydrogen (secondary N) is 1. The summed E-state index contributed by atoms with van der Waals surface area (Å²) in [7, 11) is 0.832. The minimum absolute atomic E-state index is 0.0803. The van der Waals surface area contributed by atoms with Crippen molar-refractivity contribution in [2.75, 3.05) is 26.0 Å². The van der Waals surface area contributed by atoms with Crippen LogP contribution in [0.3, 0.4) is 0 Å². The lowest BCUT2D eigenvalue weighted by atomic mass is 9.85. The summed E-state index contributed by atoms with van der Waals surface area (Å²) in [6.45, 7) is 21.4. The highest BCUT2D eigenvalue weighted by Crippen LogP contribution is 2.41. The molecule has 2 unspecified atom stereocenters. The molecule has 12 nitrogen and oxygen atoms in total. The third-order valence-corrected chi connectivity index (χ3v) is 13.3. The number of rotatable bonds is 12. The number of pyridine rings is 1. The molecule has 260 valence electrons. The number of ether oxygens (including phenoxy) is 2. The lowest BCUT2D eigenvalue weighted by molar-refractivity contribution is -0.0301. The van der Waals surface area contributed by atoms with Crippen molar-refractivity contribution in [2.24, 2.45) is 5.41 Å². The van der Waals surface area contributed by atoms with Gasteiger partial charge in [-0.05, 0) is 50.2 Å². The van der Waals surface area contributed by atoms with Crippen LogP contribution in [-0.4, -0.2) is 82.1 Å². The Morgan fingerprint density at radius 3 is 2.23 bits per heavy atom. The van der Waals surface area contributed by atoms with Crippen LogP contribution < -0.4 is 14.8 Å². The van der Waals surface area contributed by atoms with E-state index >= 15 is 0 Å². The van der Waals surface area contributed by atoms with Crippen LogP contribution in [-0.2, 0) is 4.43 Å². The molecule has 1 aromatic carbocycles. The lowest BCUT2D eigenvalue weighted by Crippen LogP contribution is -2.55. The van der Waals surface area contributed by atoms with Crippen LogP contribution in [0.5, 0.6) is 11.5 Å². The molecule has 0 aliphatic heterocycles. The van der Waals surface area contributed by atoms with E-state index in [1.54, 1.807) is 26.6 Å². The number of benzene rings is 1. The topological polar surface area (TPSA) is 137 Å². The van der Waals surface area contributed by atoms with Gasteiger partial charge < -0.3 is 29.2 Å². The zero-order valence-corrected chi connectivity index (χ0v) is 31.3. The molecule has 4 rings (SSSR count). The van der Waals surface area contributed by atoms with E-state index < -0.39 is 32.0 Å². The summed E-state index contributed by atoms with van der Waals surface area (Å²) in [6, 6.07) is 7.74. The Bertz CT molecular complexity index is 1710. The Hall–Kier alpha value is -4.23. The molecule has 0 fully saturated rings. The number of amides is 1. The van der Waals surface area contributed by atoms with Crippen LogP contribution in [0.4, 0.5) is 16.2 Å². The van der Waals surface area contributed by atoms with Crippen LogP contribution in [0.15, 0.2) is 49.2 Å². The zero-order valence-electron chi connectivity index (χ0n) is 30.3. The molecule has 0 saturated carbocycles. The molecular formula is C35H51N7O5Si.